The molecule has 0 atom stereocenters. The number of amides is 1. The van der Waals surface area contributed by atoms with Gasteiger partial charge in [-0.25, -0.2) is 0 Å². The van der Waals surface area contributed by atoms with E-state index >= 15 is 0 Å². The zero-order valence-corrected chi connectivity index (χ0v) is 15.3. The molecule has 0 fully saturated rings. The number of carbonyl (C=O) groups excluding carboxylic acids is 2. The molecule has 0 unspecified atom stereocenters. The lowest BCUT2D eigenvalue weighted by atomic mass is 10.1. The number of aromatic amines is 1. The van der Waals surface area contributed by atoms with E-state index in [9.17, 15) is 9.59 Å². The van der Waals surface area contributed by atoms with E-state index in [0.29, 0.717) is 11.3 Å². The summed E-state index contributed by atoms with van der Waals surface area (Å²) in [7, 11) is 0. The van der Waals surface area contributed by atoms with Crippen LogP contribution in [-0.2, 0) is 0 Å². The van der Waals surface area contributed by atoms with Crippen molar-refractivity contribution >= 4 is 46.0 Å². The molecule has 2 aromatic heterocycles. The van der Waals surface area contributed by atoms with Crippen LogP contribution >= 0.6 is 23.6 Å². The minimum atomic E-state index is -0.417. The lowest BCUT2D eigenvalue weighted by molar-refractivity contribution is 0.0938. The largest absolute Gasteiger partial charge is 0.331 e. The fourth-order valence-electron chi connectivity index (χ4n) is 2.12. The van der Waals surface area contributed by atoms with Crippen LogP contribution in [0.4, 0.5) is 5.69 Å². The van der Waals surface area contributed by atoms with E-state index < -0.39 is 5.91 Å². The second kappa shape index (κ2) is 7.89. The van der Waals surface area contributed by atoms with Crippen molar-refractivity contribution in [2.75, 3.05) is 5.32 Å². The van der Waals surface area contributed by atoms with Gasteiger partial charge in [-0.05, 0) is 60.9 Å². The quantitative estimate of drug-likeness (QED) is 0.313. The minimum Gasteiger partial charge on any atom is -0.331 e. The number of ketones is 1. The number of hydrazine groups is 1. The third kappa shape index (κ3) is 4.32. The van der Waals surface area contributed by atoms with Crippen LogP contribution in [0.3, 0.4) is 0 Å². The standard InChI is InChI=1S/C17H15N5O2S2/c1-10(23)11-4-6-12(7-5-11)18-17(25)22-21-16(24)14-9-13(19-20-14)15-3-2-8-26-15/h2-9H,1H3,(H,19,20)(H,21,24)(H2,18,22,25). The number of nitrogens with zero attached hydrogens (tertiary/aromatic N) is 1. The van der Waals surface area contributed by atoms with Crippen LogP contribution < -0.4 is 16.2 Å². The summed E-state index contributed by atoms with van der Waals surface area (Å²) in [5, 5.41) is 11.9. The molecular formula is C17H15N5O2S2. The molecule has 0 aliphatic rings. The molecular weight excluding hydrogens is 370 g/mol. The summed E-state index contributed by atoms with van der Waals surface area (Å²) in [4.78, 5) is 24.4. The Bertz CT molecular complexity index is 932. The van der Waals surface area contributed by atoms with Crippen molar-refractivity contribution in [1.82, 2.24) is 21.0 Å². The Labute approximate surface area is 158 Å². The van der Waals surface area contributed by atoms with Crippen LogP contribution in [0.25, 0.3) is 10.6 Å². The number of Topliss-reactive ketones (excluding diaryl/α,β-unsaturated/α-hetero) is 1. The third-order valence-corrected chi connectivity index (χ3v) is 4.54. The van der Waals surface area contributed by atoms with Gasteiger partial charge in [-0.1, -0.05) is 6.07 Å². The van der Waals surface area contributed by atoms with Gasteiger partial charge in [0.05, 0.1) is 10.6 Å². The Morgan fingerprint density at radius 3 is 2.58 bits per heavy atom. The van der Waals surface area contributed by atoms with Gasteiger partial charge in [-0.15, -0.1) is 11.3 Å². The number of thiophene rings is 1. The molecule has 26 heavy (non-hydrogen) atoms. The van der Waals surface area contributed by atoms with Gasteiger partial charge in [0, 0.05) is 11.3 Å². The summed E-state index contributed by atoms with van der Waals surface area (Å²) < 4.78 is 0. The zero-order valence-electron chi connectivity index (χ0n) is 13.7. The Balaban J connectivity index is 1.52. The van der Waals surface area contributed by atoms with Crippen molar-refractivity contribution in [2.45, 2.75) is 6.92 Å². The SMILES string of the molecule is CC(=O)c1ccc(NC(=S)NNC(=O)c2cc(-c3cccs3)[nH]n2)cc1. The van der Waals surface area contributed by atoms with Gasteiger partial charge in [-0.2, -0.15) is 5.10 Å². The lowest BCUT2D eigenvalue weighted by Crippen LogP contribution is -2.43. The molecule has 0 aliphatic heterocycles. The topological polar surface area (TPSA) is 98.9 Å². The summed E-state index contributed by atoms with van der Waals surface area (Å²) >= 11 is 6.68. The van der Waals surface area contributed by atoms with Gasteiger partial charge < -0.3 is 5.32 Å². The predicted octanol–water partition coefficient (Wildman–Crippen LogP) is 2.97. The highest BCUT2D eigenvalue weighted by molar-refractivity contribution is 7.80. The number of benzene rings is 1. The second-order valence-electron chi connectivity index (χ2n) is 5.31. The molecule has 0 saturated heterocycles. The van der Waals surface area contributed by atoms with E-state index in [1.807, 2.05) is 17.5 Å². The maximum Gasteiger partial charge on any atom is 0.290 e. The van der Waals surface area contributed by atoms with Crippen LogP contribution in [-0.4, -0.2) is 27.0 Å². The van der Waals surface area contributed by atoms with Gasteiger partial charge >= 0.3 is 0 Å². The van der Waals surface area contributed by atoms with Crippen molar-refractivity contribution < 1.29 is 9.59 Å². The maximum absolute atomic E-state index is 12.1. The molecule has 132 valence electrons. The molecule has 0 radical (unpaired) electrons. The first-order chi connectivity index (χ1) is 12.5. The molecule has 0 aliphatic carbocycles. The number of anilines is 1. The van der Waals surface area contributed by atoms with E-state index in [1.165, 1.54) is 6.92 Å². The normalized spacial score (nSPS) is 10.2. The highest BCUT2D eigenvalue weighted by Crippen LogP contribution is 2.22. The lowest BCUT2D eigenvalue weighted by Gasteiger charge is -2.11. The number of carbonyl (C=O) groups is 2. The third-order valence-electron chi connectivity index (χ3n) is 3.44. The van der Waals surface area contributed by atoms with Crippen molar-refractivity contribution in [2.24, 2.45) is 0 Å². The monoisotopic (exact) mass is 385 g/mol. The zero-order chi connectivity index (χ0) is 18.5. The van der Waals surface area contributed by atoms with Gasteiger partial charge in [-0.3, -0.25) is 25.5 Å². The van der Waals surface area contributed by atoms with Crippen LogP contribution in [0.1, 0.15) is 27.8 Å². The summed E-state index contributed by atoms with van der Waals surface area (Å²) in [6.45, 7) is 1.50. The number of thiocarbonyl (C=S) groups is 1. The average Bonchev–Trinajstić information content (AvgIpc) is 3.31. The molecule has 4 N–H and O–H groups in total. The Kier molecular flexibility index (Phi) is 5.40. The van der Waals surface area contributed by atoms with E-state index in [1.54, 1.807) is 41.7 Å². The Morgan fingerprint density at radius 1 is 1.15 bits per heavy atom. The molecule has 0 saturated carbocycles. The maximum atomic E-state index is 12.1. The molecule has 7 nitrogen and oxygen atoms in total. The van der Waals surface area contributed by atoms with E-state index in [0.717, 1.165) is 10.6 Å². The number of rotatable bonds is 4. The van der Waals surface area contributed by atoms with Crippen molar-refractivity contribution in [1.29, 1.82) is 0 Å². The predicted molar refractivity (Wildman–Crippen MR) is 105 cm³/mol. The number of nitrogens with one attached hydrogen (secondary N) is 4. The van der Waals surface area contributed by atoms with Crippen LogP contribution in [0, 0.1) is 0 Å². The van der Waals surface area contributed by atoms with E-state index in [4.69, 9.17) is 12.2 Å². The second-order valence-corrected chi connectivity index (χ2v) is 6.67. The van der Waals surface area contributed by atoms with Gasteiger partial charge in [0.15, 0.2) is 16.6 Å². The van der Waals surface area contributed by atoms with E-state index in [-0.39, 0.29) is 16.6 Å². The first-order valence-electron chi connectivity index (χ1n) is 7.60. The van der Waals surface area contributed by atoms with Crippen LogP contribution in [0.2, 0.25) is 0 Å². The smallest absolute Gasteiger partial charge is 0.290 e. The number of hydrogen-bond acceptors (Lipinski definition) is 5. The molecule has 9 heteroatoms. The van der Waals surface area contributed by atoms with E-state index in [2.05, 4.69) is 26.4 Å². The first-order valence-corrected chi connectivity index (χ1v) is 8.89. The van der Waals surface area contributed by atoms with Gasteiger partial charge in [0.25, 0.3) is 5.91 Å². The Morgan fingerprint density at radius 2 is 1.92 bits per heavy atom. The van der Waals surface area contributed by atoms with Gasteiger partial charge in [0.1, 0.15) is 0 Å². The summed E-state index contributed by atoms with van der Waals surface area (Å²) in [5.41, 5.74) is 7.42. The molecule has 1 aromatic carbocycles. The van der Waals surface area contributed by atoms with Crippen molar-refractivity contribution in [3.8, 4) is 10.6 Å². The van der Waals surface area contributed by atoms with Crippen molar-refractivity contribution in [3.63, 3.8) is 0 Å². The number of aromatic nitrogens is 2. The van der Waals surface area contributed by atoms with Crippen LogP contribution in [0.15, 0.2) is 47.8 Å². The van der Waals surface area contributed by atoms with Crippen molar-refractivity contribution in [3.05, 3.63) is 59.1 Å². The number of hydrogen-bond donors (Lipinski definition) is 4. The highest BCUT2D eigenvalue weighted by Gasteiger charge is 2.12. The fraction of sp³-hybridized carbons (Fsp3) is 0.0588. The molecule has 0 bridgehead atoms. The van der Waals surface area contributed by atoms with Gasteiger partial charge in [0.2, 0.25) is 0 Å². The van der Waals surface area contributed by atoms with Crippen LogP contribution in [0.5, 0.6) is 0 Å². The Hall–Kier alpha value is -3.04. The molecule has 0 spiro atoms. The number of H-pyrrole nitrogens is 1. The first kappa shape index (κ1) is 17.8. The fourth-order valence-corrected chi connectivity index (χ4v) is 2.99. The summed E-state index contributed by atoms with van der Waals surface area (Å²) in [6.07, 6.45) is 0. The molecule has 2 heterocycles. The summed E-state index contributed by atoms with van der Waals surface area (Å²) in [6, 6.07) is 12.4. The molecule has 3 aromatic rings. The average molecular weight is 385 g/mol. The minimum absolute atomic E-state index is 0.00886. The molecule has 3 rings (SSSR count). The highest BCUT2D eigenvalue weighted by atomic mass is 32.1. The molecule has 1 amide bonds. The summed E-state index contributed by atoms with van der Waals surface area (Å²) in [5.74, 6) is -0.425.